The van der Waals surface area contributed by atoms with E-state index in [1.807, 2.05) is 40.9 Å². The lowest BCUT2D eigenvalue weighted by atomic mass is 9.96. The third kappa shape index (κ3) is 3.07. The minimum absolute atomic E-state index is 0.201. The molecule has 1 aliphatic rings. The molecular formula is C21H21N3O3. The third-order valence-corrected chi connectivity index (χ3v) is 4.58. The van der Waals surface area contributed by atoms with Crippen LogP contribution in [0, 0.1) is 5.41 Å². The number of aromatic nitrogens is 2. The van der Waals surface area contributed by atoms with Gasteiger partial charge in [-0.2, -0.15) is 0 Å². The van der Waals surface area contributed by atoms with Gasteiger partial charge in [-0.1, -0.05) is 30.3 Å². The Labute approximate surface area is 157 Å². The Hall–Kier alpha value is -3.15. The maximum Gasteiger partial charge on any atom is 0.312 e. The normalized spacial score (nSPS) is 16.7. The van der Waals surface area contributed by atoms with Crippen molar-refractivity contribution in [2.45, 2.75) is 26.9 Å². The van der Waals surface area contributed by atoms with Crippen molar-refractivity contribution in [3.8, 4) is 11.3 Å². The Morgan fingerprint density at radius 2 is 1.96 bits per heavy atom. The van der Waals surface area contributed by atoms with Gasteiger partial charge >= 0.3 is 5.97 Å². The first-order chi connectivity index (χ1) is 12.8. The summed E-state index contributed by atoms with van der Waals surface area (Å²) >= 11 is 0. The molecule has 4 rings (SSSR count). The minimum Gasteiger partial charge on any atom is -0.452 e. The molecule has 0 amide bonds. The van der Waals surface area contributed by atoms with Gasteiger partial charge in [-0.3, -0.25) is 9.59 Å². The lowest BCUT2D eigenvalue weighted by molar-refractivity contribution is -0.155. The van der Waals surface area contributed by atoms with E-state index >= 15 is 0 Å². The monoisotopic (exact) mass is 363 g/mol. The average Bonchev–Trinajstić information content (AvgIpc) is 3.08. The molecular weight excluding hydrogens is 342 g/mol. The molecule has 0 fully saturated rings. The van der Waals surface area contributed by atoms with Crippen molar-refractivity contribution in [2.24, 2.45) is 5.41 Å². The molecule has 1 unspecified atom stereocenters. The number of carbonyl (C=O) groups is 2. The van der Waals surface area contributed by atoms with E-state index in [4.69, 9.17) is 9.72 Å². The number of Topliss-reactive ketones (excluding diaryl/α,β-unsaturated/α-hetero) is 1. The Bertz CT molecular complexity index is 1030. The molecule has 0 saturated carbocycles. The Kier molecular flexibility index (Phi) is 3.98. The number of nitrogens with one attached hydrogen (secondary N) is 1. The van der Waals surface area contributed by atoms with E-state index in [0.717, 1.165) is 11.3 Å². The number of ether oxygens (including phenoxy) is 1. The first-order valence-corrected chi connectivity index (χ1v) is 8.91. The maximum absolute atomic E-state index is 12.8. The van der Waals surface area contributed by atoms with Crippen molar-refractivity contribution in [3.05, 3.63) is 54.4 Å². The first-order valence-electron chi connectivity index (χ1n) is 8.91. The molecule has 0 bridgehead atoms. The van der Waals surface area contributed by atoms with Gasteiger partial charge in [0.2, 0.25) is 5.78 Å². The standard InChI is InChI=1S/C21H21N3O3/c1-21(2,3)20(26)27-16-11-22-17-14(18(16)25)9-10-24-12-15(23-19(17)24)13-7-5-4-6-8-13/h4-10,12,16,22H,11H2,1-3H3. The van der Waals surface area contributed by atoms with Crippen LogP contribution < -0.4 is 5.32 Å². The number of hydrogen-bond acceptors (Lipinski definition) is 5. The fourth-order valence-corrected chi connectivity index (χ4v) is 3.04. The fraction of sp³-hybridized carbons (Fsp3) is 0.286. The average molecular weight is 363 g/mol. The maximum atomic E-state index is 12.8. The summed E-state index contributed by atoms with van der Waals surface area (Å²) in [6.07, 6.45) is 2.92. The molecule has 0 saturated heterocycles. The van der Waals surface area contributed by atoms with E-state index in [1.54, 1.807) is 33.0 Å². The number of carbonyl (C=O) groups excluding carboxylic acids is 2. The van der Waals surface area contributed by atoms with Gasteiger partial charge < -0.3 is 14.5 Å². The van der Waals surface area contributed by atoms with E-state index < -0.39 is 11.5 Å². The van der Waals surface area contributed by atoms with Gasteiger partial charge in [-0.25, -0.2) is 4.98 Å². The number of hydrogen-bond donors (Lipinski definition) is 1. The lowest BCUT2D eigenvalue weighted by Crippen LogP contribution is -2.40. The highest BCUT2D eigenvalue weighted by Gasteiger charge is 2.35. The van der Waals surface area contributed by atoms with Crippen molar-refractivity contribution in [3.63, 3.8) is 0 Å². The van der Waals surface area contributed by atoms with Gasteiger partial charge in [0, 0.05) is 18.0 Å². The number of esters is 1. The second kappa shape index (κ2) is 6.23. The van der Waals surface area contributed by atoms with Gasteiger partial charge in [0.05, 0.1) is 28.9 Å². The third-order valence-electron chi connectivity index (χ3n) is 4.58. The van der Waals surface area contributed by atoms with E-state index in [-0.39, 0.29) is 18.3 Å². The summed E-state index contributed by atoms with van der Waals surface area (Å²) in [5.41, 5.74) is 3.03. The molecule has 6 nitrogen and oxygen atoms in total. The number of nitrogens with zero attached hydrogens (tertiary/aromatic N) is 2. The molecule has 0 aliphatic carbocycles. The van der Waals surface area contributed by atoms with Gasteiger partial charge in [-0.15, -0.1) is 0 Å². The number of benzene rings is 1. The topological polar surface area (TPSA) is 72.7 Å². The SMILES string of the molecule is CC(C)(C)C(=O)OC1CNc2c(ccn3cc(-c4ccccc4)nc23)C1=O. The van der Waals surface area contributed by atoms with Crippen LogP contribution in [-0.4, -0.2) is 33.8 Å². The summed E-state index contributed by atoms with van der Waals surface area (Å²) in [6.45, 7) is 5.54. The van der Waals surface area contributed by atoms with Crippen LogP contribution in [-0.2, 0) is 9.53 Å². The molecule has 1 aromatic carbocycles. The summed E-state index contributed by atoms with van der Waals surface area (Å²) in [4.78, 5) is 29.7. The van der Waals surface area contributed by atoms with Crippen molar-refractivity contribution in [2.75, 3.05) is 11.9 Å². The van der Waals surface area contributed by atoms with Gasteiger partial charge in [0.1, 0.15) is 0 Å². The zero-order valence-corrected chi connectivity index (χ0v) is 15.5. The summed E-state index contributed by atoms with van der Waals surface area (Å²) in [7, 11) is 0. The predicted molar refractivity (Wildman–Crippen MR) is 103 cm³/mol. The van der Waals surface area contributed by atoms with Gasteiger partial charge in [0.15, 0.2) is 11.8 Å². The zero-order valence-electron chi connectivity index (χ0n) is 15.5. The van der Waals surface area contributed by atoms with E-state index in [2.05, 4.69) is 5.32 Å². The smallest absolute Gasteiger partial charge is 0.312 e. The second-order valence-corrected chi connectivity index (χ2v) is 7.72. The Morgan fingerprint density at radius 1 is 1.22 bits per heavy atom. The summed E-state index contributed by atoms with van der Waals surface area (Å²) in [5, 5.41) is 3.23. The van der Waals surface area contributed by atoms with Crippen molar-refractivity contribution in [1.82, 2.24) is 9.38 Å². The zero-order chi connectivity index (χ0) is 19.2. The highest BCUT2D eigenvalue weighted by atomic mass is 16.5. The molecule has 3 heterocycles. The van der Waals surface area contributed by atoms with Gasteiger partial charge in [0.25, 0.3) is 0 Å². The van der Waals surface area contributed by atoms with E-state index in [0.29, 0.717) is 16.9 Å². The summed E-state index contributed by atoms with van der Waals surface area (Å²) in [5.74, 6) is -0.590. The molecule has 6 heteroatoms. The number of ketones is 1. The Morgan fingerprint density at radius 3 is 2.67 bits per heavy atom. The summed E-state index contributed by atoms with van der Waals surface area (Å²) in [6, 6.07) is 11.6. The van der Waals surface area contributed by atoms with Crippen LogP contribution in [0.5, 0.6) is 0 Å². The van der Waals surface area contributed by atoms with Gasteiger partial charge in [-0.05, 0) is 26.8 Å². The van der Waals surface area contributed by atoms with Crippen LogP contribution in [0.4, 0.5) is 5.69 Å². The van der Waals surface area contributed by atoms with E-state index in [1.165, 1.54) is 0 Å². The second-order valence-electron chi connectivity index (χ2n) is 7.72. The number of fused-ring (bicyclic) bond motifs is 3. The molecule has 0 radical (unpaired) electrons. The Balaban J connectivity index is 1.68. The highest BCUT2D eigenvalue weighted by Crippen LogP contribution is 2.30. The molecule has 138 valence electrons. The first kappa shape index (κ1) is 17.3. The summed E-state index contributed by atoms with van der Waals surface area (Å²) < 4.78 is 7.33. The van der Waals surface area contributed by atoms with E-state index in [9.17, 15) is 9.59 Å². The number of pyridine rings is 1. The van der Waals surface area contributed by atoms with Crippen LogP contribution in [0.15, 0.2) is 48.8 Å². The molecule has 1 atom stereocenters. The number of rotatable bonds is 2. The molecule has 0 spiro atoms. The largest absolute Gasteiger partial charge is 0.452 e. The molecule has 3 aromatic rings. The van der Waals surface area contributed by atoms with Crippen molar-refractivity contribution >= 4 is 23.1 Å². The predicted octanol–water partition coefficient (Wildman–Crippen LogP) is 3.57. The van der Waals surface area contributed by atoms with Crippen LogP contribution in [0.2, 0.25) is 0 Å². The molecule has 27 heavy (non-hydrogen) atoms. The van der Waals surface area contributed by atoms with Crippen LogP contribution >= 0.6 is 0 Å². The van der Waals surface area contributed by atoms with Crippen LogP contribution in [0.3, 0.4) is 0 Å². The van der Waals surface area contributed by atoms with Crippen molar-refractivity contribution < 1.29 is 14.3 Å². The van der Waals surface area contributed by atoms with Crippen molar-refractivity contribution in [1.29, 1.82) is 0 Å². The van der Waals surface area contributed by atoms with Crippen LogP contribution in [0.25, 0.3) is 16.9 Å². The van der Waals surface area contributed by atoms with Crippen LogP contribution in [0.1, 0.15) is 31.1 Å². The molecule has 2 aromatic heterocycles. The molecule has 1 aliphatic heterocycles. The fourth-order valence-electron chi connectivity index (χ4n) is 3.04. The quantitative estimate of drug-likeness (QED) is 0.705. The number of imidazole rings is 1. The lowest BCUT2D eigenvalue weighted by Gasteiger charge is -2.27. The minimum atomic E-state index is -0.824. The number of anilines is 1. The molecule has 1 N–H and O–H groups in total. The highest BCUT2D eigenvalue weighted by molar-refractivity contribution is 6.09.